The second-order valence-corrected chi connectivity index (χ2v) is 11.4. The molecule has 2 atom stereocenters. The molecule has 0 saturated carbocycles. The Hall–Kier alpha value is -3.70. The van der Waals surface area contributed by atoms with Crippen LogP contribution in [-0.2, 0) is 24.8 Å². The molecule has 3 N–H and O–H groups in total. The van der Waals surface area contributed by atoms with Crippen molar-refractivity contribution in [3.63, 3.8) is 0 Å². The molecule has 6 rings (SSSR count). The molecule has 3 aliphatic rings. The van der Waals surface area contributed by atoms with Crippen molar-refractivity contribution in [1.82, 2.24) is 14.8 Å². The van der Waals surface area contributed by atoms with E-state index >= 15 is 0 Å². The van der Waals surface area contributed by atoms with E-state index in [2.05, 4.69) is 97.3 Å². The van der Waals surface area contributed by atoms with Crippen LogP contribution in [0.15, 0.2) is 93.6 Å². The SMILES string of the molecule is Cn1cc(C2=NC3C=CC(C#CCN4CCc5ccccc5C4)=CC3C(C(=O)NCCN)=C2)c2cc(Br)ccc21. The predicted octanol–water partition coefficient (Wildman–Crippen LogP) is 4.29. The summed E-state index contributed by atoms with van der Waals surface area (Å²) in [6.45, 7) is 3.47. The number of halogens is 1. The third-order valence-corrected chi connectivity index (χ3v) is 8.30. The summed E-state index contributed by atoms with van der Waals surface area (Å²) in [7, 11) is 2.03. The average Bonchev–Trinajstić information content (AvgIpc) is 3.30. The van der Waals surface area contributed by atoms with Gasteiger partial charge in [0.05, 0.1) is 18.3 Å². The number of nitrogens with zero attached hydrogens (tertiary/aromatic N) is 3. The van der Waals surface area contributed by atoms with E-state index in [1.165, 1.54) is 11.1 Å². The number of carbonyl (C=O) groups is 1. The highest BCUT2D eigenvalue weighted by atomic mass is 79.9. The topological polar surface area (TPSA) is 75.7 Å². The third-order valence-electron chi connectivity index (χ3n) is 7.80. The lowest BCUT2D eigenvalue weighted by atomic mass is 9.82. The summed E-state index contributed by atoms with van der Waals surface area (Å²) >= 11 is 3.60. The van der Waals surface area contributed by atoms with Crippen LogP contribution in [0.4, 0.5) is 0 Å². The van der Waals surface area contributed by atoms with Crippen LogP contribution >= 0.6 is 15.9 Å². The highest BCUT2D eigenvalue weighted by molar-refractivity contribution is 9.10. The van der Waals surface area contributed by atoms with Gasteiger partial charge in [-0.1, -0.05) is 64.2 Å². The number of nitrogens with two attached hydrogens (primary N) is 1. The molecule has 3 aromatic rings. The molecular weight excluding hydrogens is 562 g/mol. The van der Waals surface area contributed by atoms with Crippen molar-refractivity contribution in [2.75, 3.05) is 26.2 Å². The third kappa shape index (κ3) is 5.35. The number of hydrogen-bond donors (Lipinski definition) is 2. The number of aliphatic imine (C=N–C) groups is 1. The standard InChI is InChI=1S/C33H32BrN5O/c1-38-21-29(27-18-25(34)9-11-32(27)38)31-19-28(33(40)36-14-13-35)26-17-22(8-10-30(26)37-31)5-4-15-39-16-12-23-6-2-3-7-24(23)20-39/h2-3,6-11,17-19,21,26,30H,12-16,20,35H2,1H3,(H,36,40). The number of hydrogen-bond acceptors (Lipinski definition) is 4. The van der Waals surface area contributed by atoms with E-state index in [1.54, 1.807) is 0 Å². The Morgan fingerprint density at radius 3 is 2.92 bits per heavy atom. The van der Waals surface area contributed by atoms with Crippen LogP contribution in [0.3, 0.4) is 0 Å². The monoisotopic (exact) mass is 593 g/mol. The fraction of sp³-hybridized carbons (Fsp3) is 0.273. The summed E-state index contributed by atoms with van der Waals surface area (Å²) in [6.07, 6.45) is 11.3. The van der Waals surface area contributed by atoms with Crippen molar-refractivity contribution in [2.45, 2.75) is 19.0 Å². The number of dihydropyridines is 1. The molecule has 202 valence electrons. The first-order valence-corrected chi connectivity index (χ1v) is 14.5. The van der Waals surface area contributed by atoms with Gasteiger partial charge in [0.2, 0.25) is 5.91 Å². The van der Waals surface area contributed by atoms with E-state index in [1.807, 2.05) is 25.3 Å². The molecule has 0 saturated heterocycles. The Morgan fingerprint density at radius 1 is 1.23 bits per heavy atom. The van der Waals surface area contributed by atoms with Crippen LogP contribution in [-0.4, -0.2) is 53.3 Å². The van der Waals surface area contributed by atoms with Gasteiger partial charge in [-0.25, -0.2) is 0 Å². The van der Waals surface area contributed by atoms with Gasteiger partial charge in [0.15, 0.2) is 0 Å². The average molecular weight is 595 g/mol. The minimum absolute atomic E-state index is 0.111. The lowest BCUT2D eigenvalue weighted by Crippen LogP contribution is -2.37. The fourth-order valence-corrected chi connectivity index (χ4v) is 6.12. The van der Waals surface area contributed by atoms with Gasteiger partial charge in [0.1, 0.15) is 0 Å². The van der Waals surface area contributed by atoms with Crippen LogP contribution < -0.4 is 11.1 Å². The molecule has 0 bridgehead atoms. The van der Waals surface area contributed by atoms with Crippen molar-refractivity contribution in [3.05, 3.63) is 105 Å². The second-order valence-electron chi connectivity index (χ2n) is 10.5. The first-order valence-electron chi connectivity index (χ1n) is 13.7. The maximum absolute atomic E-state index is 13.3. The molecule has 1 aliphatic carbocycles. The van der Waals surface area contributed by atoms with Crippen molar-refractivity contribution in [2.24, 2.45) is 23.7 Å². The number of nitrogens with one attached hydrogen (secondary N) is 1. The van der Waals surface area contributed by atoms with E-state index in [4.69, 9.17) is 10.7 Å². The smallest absolute Gasteiger partial charge is 0.248 e. The lowest BCUT2D eigenvalue weighted by molar-refractivity contribution is -0.117. The van der Waals surface area contributed by atoms with Gasteiger partial charge in [-0.3, -0.25) is 14.7 Å². The van der Waals surface area contributed by atoms with Gasteiger partial charge < -0.3 is 15.6 Å². The zero-order valence-electron chi connectivity index (χ0n) is 22.5. The largest absolute Gasteiger partial charge is 0.351 e. The van der Waals surface area contributed by atoms with Crippen LogP contribution in [0.2, 0.25) is 0 Å². The number of rotatable bonds is 5. The van der Waals surface area contributed by atoms with Gasteiger partial charge in [-0.05, 0) is 47.9 Å². The molecular formula is C33H32BrN5O. The first kappa shape index (κ1) is 26.5. The highest BCUT2D eigenvalue weighted by Gasteiger charge is 2.32. The molecule has 0 spiro atoms. The molecule has 0 fully saturated rings. The van der Waals surface area contributed by atoms with E-state index in [0.717, 1.165) is 51.7 Å². The van der Waals surface area contributed by atoms with Gasteiger partial charge >= 0.3 is 0 Å². The summed E-state index contributed by atoms with van der Waals surface area (Å²) in [6, 6.07) is 14.7. The van der Waals surface area contributed by atoms with Gasteiger partial charge in [-0.2, -0.15) is 0 Å². The van der Waals surface area contributed by atoms with Crippen molar-refractivity contribution >= 4 is 38.5 Å². The summed E-state index contributed by atoms with van der Waals surface area (Å²) in [5, 5.41) is 4.06. The highest BCUT2D eigenvalue weighted by Crippen LogP contribution is 2.33. The van der Waals surface area contributed by atoms with Gasteiger partial charge in [0.25, 0.3) is 0 Å². The molecule has 6 nitrogen and oxygen atoms in total. The van der Waals surface area contributed by atoms with E-state index in [9.17, 15) is 4.79 Å². The minimum atomic E-state index is -0.181. The van der Waals surface area contributed by atoms with Crippen molar-refractivity contribution in [3.8, 4) is 11.8 Å². The van der Waals surface area contributed by atoms with E-state index in [-0.39, 0.29) is 17.9 Å². The number of allylic oxidation sites excluding steroid dienone is 3. The Balaban J connectivity index is 1.26. The molecule has 1 amide bonds. The molecule has 1 aromatic heterocycles. The maximum Gasteiger partial charge on any atom is 0.248 e. The molecule has 0 radical (unpaired) electrons. The molecule has 7 heteroatoms. The lowest BCUT2D eigenvalue weighted by Gasteiger charge is -2.29. The molecule has 2 unspecified atom stereocenters. The number of aryl methyl sites for hydroxylation is 1. The van der Waals surface area contributed by atoms with Gasteiger partial charge in [-0.15, -0.1) is 0 Å². The van der Waals surface area contributed by atoms with Crippen LogP contribution in [0.25, 0.3) is 10.9 Å². The summed E-state index contributed by atoms with van der Waals surface area (Å²) in [4.78, 5) is 20.8. The zero-order valence-corrected chi connectivity index (χ0v) is 24.1. The molecule has 2 aromatic carbocycles. The van der Waals surface area contributed by atoms with Crippen LogP contribution in [0, 0.1) is 17.8 Å². The summed E-state index contributed by atoms with van der Waals surface area (Å²) in [5.74, 6) is 6.43. The summed E-state index contributed by atoms with van der Waals surface area (Å²) < 4.78 is 3.10. The first-order chi connectivity index (χ1) is 19.5. The molecule has 40 heavy (non-hydrogen) atoms. The number of fused-ring (bicyclic) bond motifs is 3. The van der Waals surface area contributed by atoms with Crippen molar-refractivity contribution in [1.29, 1.82) is 0 Å². The number of benzene rings is 2. The predicted molar refractivity (Wildman–Crippen MR) is 165 cm³/mol. The number of carbonyl (C=O) groups excluding carboxylic acids is 1. The normalized spacial score (nSPS) is 20.0. The minimum Gasteiger partial charge on any atom is -0.351 e. The quantitative estimate of drug-likeness (QED) is 0.433. The Kier molecular flexibility index (Phi) is 7.57. The van der Waals surface area contributed by atoms with Crippen LogP contribution in [0.1, 0.15) is 16.7 Å². The van der Waals surface area contributed by atoms with Gasteiger partial charge in [0, 0.05) is 77.4 Å². The molecule has 3 heterocycles. The second kappa shape index (κ2) is 11.4. The number of amides is 1. The fourth-order valence-electron chi connectivity index (χ4n) is 5.75. The van der Waals surface area contributed by atoms with E-state index in [0.29, 0.717) is 25.2 Å². The number of aromatic nitrogens is 1. The van der Waals surface area contributed by atoms with E-state index < -0.39 is 0 Å². The Labute approximate surface area is 243 Å². The summed E-state index contributed by atoms with van der Waals surface area (Å²) in [5.41, 5.74) is 13.1. The zero-order chi connectivity index (χ0) is 27.6. The maximum atomic E-state index is 13.3. The van der Waals surface area contributed by atoms with Crippen molar-refractivity contribution < 1.29 is 4.79 Å². The Bertz CT molecular complexity index is 1660. The molecule has 2 aliphatic heterocycles. The Morgan fingerprint density at radius 2 is 2.08 bits per heavy atom. The van der Waals surface area contributed by atoms with Crippen LogP contribution in [0.5, 0.6) is 0 Å².